The highest BCUT2D eigenvalue weighted by atomic mass is 15.2. The van der Waals surface area contributed by atoms with Gasteiger partial charge in [-0.15, -0.1) is 0 Å². The van der Waals surface area contributed by atoms with Crippen molar-refractivity contribution in [3.8, 4) is 0 Å². The van der Waals surface area contributed by atoms with Crippen LogP contribution in [-0.4, -0.2) is 81.2 Å². The van der Waals surface area contributed by atoms with Crippen molar-refractivity contribution in [2.45, 2.75) is 12.8 Å². The van der Waals surface area contributed by atoms with Gasteiger partial charge < -0.3 is 20.4 Å². The van der Waals surface area contributed by atoms with Crippen molar-refractivity contribution in [2.24, 2.45) is 5.73 Å². The molecule has 0 spiro atoms. The number of nitrogens with two attached hydrogens (primary N) is 1. The van der Waals surface area contributed by atoms with Gasteiger partial charge in [-0.05, 0) is 53.1 Å². The van der Waals surface area contributed by atoms with E-state index in [1.165, 1.54) is 45.7 Å². The van der Waals surface area contributed by atoms with E-state index in [2.05, 4.69) is 28.8 Å². The highest BCUT2D eigenvalue weighted by molar-refractivity contribution is 4.69. The van der Waals surface area contributed by atoms with Crippen LogP contribution in [-0.2, 0) is 0 Å². The maximum Gasteiger partial charge on any atom is 0.0110 e. The second-order valence-electron chi connectivity index (χ2n) is 4.94. The number of piperazine rings is 1. The van der Waals surface area contributed by atoms with E-state index in [0.29, 0.717) is 0 Å². The number of rotatable bonds is 7. The molecule has 0 radical (unpaired) electrons. The summed E-state index contributed by atoms with van der Waals surface area (Å²) in [6.07, 6.45) is 2.40. The van der Waals surface area contributed by atoms with Crippen molar-refractivity contribution in [1.29, 1.82) is 0 Å². The van der Waals surface area contributed by atoms with E-state index in [-0.39, 0.29) is 0 Å². The Bertz CT molecular complexity index is 166. The lowest BCUT2D eigenvalue weighted by Crippen LogP contribution is -2.45. The summed E-state index contributed by atoms with van der Waals surface area (Å²) in [7, 11) is 4.40. The molecule has 2 N–H and O–H groups in total. The van der Waals surface area contributed by atoms with E-state index in [1.807, 2.05) is 0 Å². The van der Waals surface area contributed by atoms with E-state index in [9.17, 15) is 0 Å². The van der Waals surface area contributed by atoms with Gasteiger partial charge in [0.1, 0.15) is 0 Å². The van der Waals surface area contributed by atoms with Crippen LogP contribution in [0.25, 0.3) is 0 Å². The monoisotopic (exact) mass is 228 g/mol. The summed E-state index contributed by atoms with van der Waals surface area (Å²) < 4.78 is 0. The topological polar surface area (TPSA) is 35.7 Å². The predicted molar refractivity (Wildman–Crippen MR) is 69.7 cm³/mol. The summed E-state index contributed by atoms with van der Waals surface area (Å²) in [6.45, 7) is 9.33. The van der Waals surface area contributed by atoms with Crippen LogP contribution in [0, 0.1) is 0 Å². The molecular weight excluding hydrogens is 200 g/mol. The van der Waals surface area contributed by atoms with E-state index in [1.54, 1.807) is 0 Å². The lowest BCUT2D eigenvalue weighted by Gasteiger charge is -2.32. The molecule has 0 aromatic rings. The molecule has 16 heavy (non-hydrogen) atoms. The number of hydrogen-bond donors (Lipinski definition) is 1. The SMILES string of the molecule is CN(CCCN)CCCN1CCN(C)CC1. The Kier molecular flexibility index (Phi) is 6.96. The molecule has 4 nitrogen and oxygen atoms in total. The van der Waals surface area contributed by atoms with Gasteiger partial charge in [-0.3, -0.25) is 0 Å². The van der Waals surface area contributed by atoms with Crippen LogP contribution in [0.15, 0.2) is 0 Å². The van der Waals surface area contributed by atoms with Gasteiger partial charge in [0.25, 0.3) is 0 Å². The molecule has 0 saturated carbocycles. The average Bonchev–Trinajstić information content (AvgIpc) is 2.29. The zero-order valence-corrected chi connectivity index (χ0v) is 11.0. The van der Waals surface area contributed by atoms with E-state index < -0.39 is 0 Å². The molecule has 0 unspecified atom stereocenters. The fourth-order valence-electron chi connectivity index (χ4n) is 2.11. The van der Waals surface area contributed by atoms with Crippen LogP contribution in [0.1, 0.15) is 12.8 Å². The minimum absolute atomic E-state index is 0.808. The largest absolute Gasteiger partial charge is 0.330 e. The molecule has 0 aromatic heterocycles. The van der Waals surface area contributed by atoms with Crippen molar-refractivity contribution in [2.75, 3.05) is 66.5 Å². The van der Waals surface area contributed by atoms with Crippen molar-refractivity contribution in [1.82, 2.24) is 14.7 Å². The Balaban J connectivity index is 1.98. The van der Waals surface area contributed by atoms with Crippen molar-refractivity contribution in [3.05, 3.63) is 0 Å². The molecule has 96 valence electrons. The molecule has 1 aliphatic heterocycles. The zero-order valence-electron chi connectivity index (χ0n) is 11.0. The van der Waals surface area contributed by atoms with Gasteiger partial charge in [0.15, 0.2) is 0 Å². The molecule has 0 aliphatic carbocycles. The first-order valence-electron chi connectivity index (χ1n) is 6.52. The van der Waals surface area contributed by atoms with E-state index in [4.69, 9.17) is 5.73 Å². The molecule has 0 amide bonds. The fourth-order valence-corrected chi connectivity index (χ4v) is 2.11. The molecule has 1 fully saturated rings. The highest BCUT2D eigenvalue weighted by Gasteiger charge is 2.12. The van der Waals surface area contributed by atoms with Crippen molar-refractivity contribution < 1.29 is 0 Å². The lowest BCUT2D eigenvalue weighted by molar-refractivity contribution is 0.148. The van der Waals surface area contributed by atoms with Crippen molar-refractivity contribution in [3.63, 3.8) is 0 Å². The van der Waals surface area contributed by atoms with Gasteiger partial charge in [-0.25, -0.2) is 0 Å². The Labute approximate surface area is 100 Å². The molecule has 0 aromatic carbocycles. The van der Waals surface area contributed by atoms with Crippen LogP contribution in [0.5, 0.6) is 0 Å². The number of likely N-dealkylation sites (N-methyl/N-ethyl adjacent to an activating group) is 1. The standard InChI is InChI=1S/C12H28N4/c1-14(6-3-5-13)7-4-8-16-11-9-15(2)10-12-16/h3-13H2,1-2H3. The first-order chi connectivity index (χ1) is 7.72. The van der Waals surface area contributed by atoms with Gasteiger partial charge in [0.2, 0.25) is 0 Å². The van der Waals surface area contributed by atoms with E-state index >= 15 is 0 Å². The maximum atomic E-state index is 5.50. The molecule has 0 atom stereocenters. The number of nitrogens with zero attached hydrogens (tertiary/aromatic N) is 3. The van der Waals surface area contributed by atoms with Crippen LogP contribution in [0.2, 0.25) is 0 Å². The molecule has 1 saturated heterocycles. The van der Waals surface area contributed by atoms with Crippen LogP contribution in [0.3, 0.4) is 0 Å². The summed E-state index contributed by atoms with van der Waals surface area (Å²) in [5, 5.41) is 0. The fraction of sp³-hybridized carbons (Fsp3) is 1.00. The summed E-state index contributed by atoms with van der Waals surface area (Å²) >= 11 is 0. The normalized spacial score (nSPS) is 19.5. The van der Waals surface area contributed by atoms with Gasteiger partial charge >= 0.3 is 0 Å². The summed E-state index contributed by atoms with van der Waals surface area (Å²) in [5.41, 5.74) is 5.50. The Morgan fingerprint density at radius 2 is 1.69 bits per heavy atom. The third kappa shape index (κ3) is 5.80. The lowest BCUT2D eigenvalue weighted by atomic mass is 10.3. The highest BCUT2D eigenvalue weighted by Crippen LogP contribution is 2.00. The third-order valence-corrected chi connectivity index (χ3v) is 3.35. The van der Waals surface area contributed by atoms with Gasteiger partial charge in [0.05, 0.1) is 0 Å². The van der Waals surface area contributed by atoms with Crippen molar-refractivity contribution >= 4 is 0 Å². The Hall–Kier alpha value is -0.160. The summed E-state index contributed by atoms with van der Waals surface area (Å²) in [4.78, 5) is 7.38. The molecule has 1 aliphatic rings. The quantitative estimate of drug-likeness (QED) is 0.660. The van der Waals surface area contributed by atoms with Crippen LogP contribution in [0.4, 0.5) is 0 Å². The first-order valence-corrected chi connectivity index (χ1v) is 6.52. The smallest absolute Gasteiger partial charge is 0.0110 e. The molecule has 0 bridgehead atoms. The third-order valence-electron chi connectivity index (χ3n) is 3.35. The number of hydrogen-bond acceptors (Lipinski definition) is 4. The summed E-state index contributed by atoms with van der Waals surface area (Å²) in [6, 6.07) is 0. The predicted octanol–water partition coefficient (Wildman–Crippen LogP) is -0.0955. The zero-order chi connectivity index (χ0) is 11.8. The summed E-state index contributed by atoms with van der Waals surface area (Å²) in [5.74, 6) is 0. The molecular formula is C12H28N4. The van der Waals surface area contributed by atoms with Crippen LogP contribution < -0.4 is 5.73 Å². The average molecular weight is 228 g/mol. The van der Waals surface area contributed by atoms with Gasteiger partial charge in [-0.1, -0.05) is 0 Å². The van der Waals surface area contributed by atoms with Gasteiger partial charge in [0, 0.05) is 26.2 Å². The minimum Gasteiger partial charge on any atom is -0.330 e. The Morgan fingerprint density at radius 3 is 2.31 bits per heavy atom. The van der Waals surface area contributed by atoms with Gasteiger partial charge in [-0.2, -0.15) is 0 Å². The maximum absolute atomic E-state index is 5.50. The Morgan fingerprint density at radius 1 is 1.06 bits per heavy atom. The first kappa shape index (κ1) is 13.9. The second-order valence-corrected chi connectivity index (χ2v) is 4.94. The second kappa shape index (κ2) is 8.01. The van der Waals surface area contributed by atoms with E-state index in [0.717, 1.165) is 19.5 Å². The molecule has 1 rings (SSSR count). The molecule has 1 heterocycles. The minimum atomic E-state index is 0.808. The molecule has 4 heteroatoms. The van der Waals surface area contributed by atoms with Crippen LogP contribution >= 0.6 is 0 Å².